The number of nitrogens with two attached hydrogens (primary N) is 1. The summed E-state index contributed by atoms with van der Waals surface area (Å²) in [6.45, 7) is 1.81. The molecule has 90 valence electrons. The normalized spacial score (nSPS) is 10.7. The van der Waals surface area contributed by atoms with Gasteiger partial charge in [0.1, 0.15) is 11.5 Å². The van der Waals surface area contributed by atoms with Crippen molar-refractivity contribution in [3.63, 3.8) is 0 Å². The molecule has 3 heterocycles. The Labute approximate surface area is 107 Å². The van der Waals surface area contributed by atoms with E-state index in [1.807, 2.05) is 11.4 Å². The van der Waals surface area contributed by atoms with Crippen LogP contribution in [0.3, 0.4) is 0 Å². The van der Waals surface area contributed by atoms with Gasteiger partial charge in [-0.3, -0.25) is 0 Å². The van der Waals surface area contributed by atoms with Crippen molar-refractivity contribution in [2.45, 2.75) is 6.92 Å². The lowest BCUT2D eigenvalue weighted by Gasteiger charge is -1.93. The molecule has 0 amide bonds. The third kappa shape index (κ3) is 1.84. The molecule has 0 fully saturated rings. The van der Waals surface area contributed by atoms with Crippen LogP contribution in [0.2, 0.25) is 0 Å². The fourth-order valence-electron chi connectivity index (χ4n) is 1.52. The Bertz CT molecular complexity index is 690. The molecule has 0 radical (unpaired) electrons. The second-order valence-electron chi connectivity index (χ2n) is 3.61. The van der Waals surface area contributed by atoms with E-state index >= 15 is 0 Å². The van der Waals surface area contributed by atoms with E-state index in [1.54, 1.807) is 19.2 Å². The van der Waals surface area contributed by atoms with Gasteiger partial charge in [0.05, 0.1) is 10.6 Å². The predicted octanol–water partition coefficient (Wildman–Crippen LogP) is 2.15. The minimum Gasteiger partial charge on any atom is -0.390 e. The van der Waals surface area contributed by atoms with Crippen LogP contribution < -0.4 is 5.73 Å². The van der Waals surface area contributed by atoms with Crippen LogP contribution in [-0.4, -0.2) is 20.1 Å². The molecule has 6 nitrogen and oxygen atoms in total. The van der Waals surface area contributed by atoms with Crippen LogP contribution in [0.4, 0.5) is 5.00 Å². The minimum atomic E-state index is 0.403. The van der Waals surface area contributed by atoms with E-state index in [-0.39, 0.29) is 0 Å². The van der Waals surface area contributed by atoms with Gasteiger partial charge in [-0.1, -0.05) is 5.16 Å². The number of rotatable bonds is 2. The van der Waals surface area contributed by atoms with Gasteiger partial charge in [-0.05, 0) is 24.4 Å². The Kier molecular flexibility index (Phi) is 2.52. The van der Waals surface area contributed by atoms with Crippen molar-refractivity contribution in [3.05, 3.63) is 29.5 Å². The zero-order valence-corrected chi connectivity index (χ0v) is 10.3. The second kappa shape index (κ2) is 4.19. The SMILES string of the molecule is Cc1nccc(-c2noc(-c3ccsc3N)n2)n1. The Morgan fingerprint density at radius 1 is 1.28 bits per heavy atom. The van der Waals surface area contributed by atoms with E-state index in [0.29, 0.717) is 28.2 Å². The molecule has 7 heteroatoms. The number of aromatic nitrogens is 4. The summed E-state index contributed by atoms with van der Waals surface area (Å²) >= 11 is 1.43. The first kappa shape index (κ1) is 10.8. The van der Waals surface area contributed by atoms with Crippen LogP contribution in [0.15, 0.2) is 28.2 Å². The molecule has 0 bridgehead atoms. The first-order chi connectivity index (χ1) is 8.74. The van der Waals surface area contributed by atoms with Gasteiger partial charge in [0, 0.05) is 6.20 Å². The Morgan fingerprint density at radius 3 is 2.89 bits per heavy atom. The average molecular weight is 259 g/mol. The van der Waals surface area contributed by atoms with Gasteiger partial charge in [-0.25, -0.2) is 9.97 Å². The standard InChI is InChI=1S/C11H9N5OS/c1-6-13-4-2-8(14-6)10-15-11(17-16-10)7-3-5-18-9(7)12/h2-5H,12H2,1H3. The molecule has 0 aliphatic rings. The molecule has 3 rings (SSSR count). The van der Waals surface area contributed by atoms with E-state index in [9.17, 15) is 0 Å². The van der Waals surface area contributed by atoms with Crippen molar-refractivity contribution in [1.82, 2.24) is 20.1 Å². The van der Waals surface area contributed by atoms with Crippen molar-refractivity contribution < 1.29 is 4.52 Å². The number of hydrogen-bond donors (Lipinski definition) is 1. The number of hydrogen-bond acceptors (Lipinski definition) is 7. The van der Waals surface area contributed by atoms with Crippen molar-refractivity contribution in [2.24, 2.45) is 0 Å². The van der Waals surface area contributed by atoms with Crippen LogP contribution in [0.1, 0.15) is 5.82 Å². The maximum Gasteiger partial charge on any atom is 0.261 e. The monoisotopic (exact) mass is 259 g/mol. The Morgan fingerprint density at radius 2 is 2.17 bits per heavy atom. The summed E-state index contributed by atoms with van der Waals surface area (Å²) in [5, 5.41) is 6.43. The molecule has 0 aliphatic heterocycles. The maximum atomic E-state index is 5.81. The second-order valence-corrected chi connectivity index (χ2v) is 4.56. The minimum absolute atomic E-state index is 0.403. The Hall–Kier alpha value is -2.28. The van der Waals surface area contributed by atoms with Crippen LogP contribution in [0.5, 0.6) is 0 Å². The van der Waals surface area contributed by atoms with Gasteiger partial charge in [0.15, 0.2) is 0 Å². The highest BCUT2D eigenvalue weighted by Crippen LogP contribution is 2.30. The smallest absolute Gasteiger partial charge is 0.261 e. The average Bonchev–Trinajstić information content (AvgIpc) is 2.97. The largest absolute Gasteiger partial charge is 0.390 e. The topological polar surface area (TPSA) is 90.7 Å². The summed E-state index contributed by atoms with van der Waals surface area (Å²) in [7, 11) is 0. The molecule has 0 saturated carbocycles. The lowest BCUT2D eigenvalue weighted by atomic mass is 10.3. The van der Waals surface area contributed by atoms with Crippen LogP contribution in [-0.2, 0) is 0 Å². The van der Waals surface area contributed by atoms with Gasteiger partial charge in [0.2, 0.25) is 5.82 Å². The van der Waals surface area contributed by atoms with E-state index in [0.717, 1.165) is 5.56 Å². The van der Waals surface area contributed by atoms with Gasteiger partial charge < -0.3 is 10.3 Å². The molecule has 3 aromatic rings. The molecular weight excluding hydrogens is 250 g/mol. The van der Waals surface area contributed by atoms with Gasteiger partial charge in [0.25, 0.3) is 5.89 Å². The maximum absolute atomic E-state index is 5.81. The fraction of sp³-hybridized carbons (Fsp3) is 0.0909. The Balaban J connectivity index is 2.02. The molecule has 0 aliphatic carbocycles. The van der Waals surface area contributed by atoms with Gasteiger partial charge in [-0.2, -0.15) is 4.98 Å². The van der Waals surface area contributed by atoms with Crippen molar-refractivity contribution in [2.75, 3.05) is 5.73 Å². The quantitative estimate of drug-likeness (QED) is 0.758. The lowest BCUT2D eigenvalue weighted by Crippen LogP contribution is -1.91. The molecular formula is C11H9N5OS. The van der Waals surface area contributed by atoms with E-state index in [1.165, 1.54) is 11.3 Å². The van der Waals surface area contributed by atoms with E-state index in [4.69, 9.17) is 10.3 Å². The molecule has 0 spiro atoms. The third-order valence-corrected chi connectivity index (χ3v) is 3.10. The van der Waals surface area contributed by atoms with E-state index < -0.39 is 0 Å². The van der Waals surface area contributed by atoms with Gasteiger partial charge in [-0.15, -0.1) is 11.3 Å². The van der Waals surface area contributed by atoms with Gasteiger partial charge >= 0.3 is 0 Å². The molecule has 3 aromatic heterocycles. The number of anilines is 1. The summed E-state index contributed by atoms with van der Waals surface area (Å²) in [6, 6.07) is 3.58. The summed E-state index contributed by atoms with van der Waals surface area (Å²) in [4.78, 5) is 12.5. The molecule has 0 atom stereocenters. The first-order valence-corrected chi connectivity index (χ1v) is 6.09. The zero-order chi connectivity index (χ0) is 12.5. The molecule has 0 aromatic carbocycles. The summed E-state index contributed by atoms with van der Waals surface area (Å²) in [5.41, 5.74) is 7.19. The van der Waals surface area contributed by atoms with Crippen molar-refractivity contribution in [1.29, 1.82) is 0 Å². The van der Waals surface area contributed by atoms with Crippen LogP contribution >= 0.6 is 11.3 Å². The van der Waals surface area contributed by atoms with Crippen LogP contribution in [0.25, 0.3) is 23.0 Å². The molecule has 0 unspecified atom stereocenters. The van der Waals surface area contributed by atoms with E-state index in [2.05, 4.69) is 20.1 Å². The predicted molar refractivity (Wildman–Crippen MR) is 67.8 cm³/mol. The molecule has 2 N–H and O–H groups in total. The zero-order valence-electron chi connectivity index (χ0n) is 9.49. The highest BCUT2D eigenvalue weighted by Gasteiger charge is 2.14. The summed E-state index contributed by atoms with van der Waals surface area (Å²) in [5.74, 6) is 1.50. The lowest BCUT2D eigenvalue weighted by molar-refractivity contribution is 0.432. The highest BCUT2D eigenvalue weighted by atomic mass is 32.1. The number of aryl methyl sites for hydroxylation is 1. The molecule has 0 saturated heterocycles. The van der Waals surface area contributed by atoms with Crippen molar-refractivity contribution >= 4 is 16.3 Å². The third-order valence-electron chi connectivity index (χ3n) is 2.36. The fourth-order valence-corrected chi connectivity index (χ4v) is 2.15. The number of nitrogen functional groups attached to an aromatic ring is 1. The first-order valence-electron chi connectivity index (χ1n) is 5.21. The highest BCUT2D eigenvalue weighted by molar-refractivity contribution is 7.14. The summed E-state index contributed by atoms with van der Waals surface area (Å²) in [6.07, 6.45) is 1.66. The number of nitrogens with zero attached hydrogens (tertiary/aromatic N) is 4. The molecule has 18 heavy (non-hydrogen) atoms. The van der Waals surface area contributed by atoms with Crippen molar-refractivity contribution in [3.8, 4) is 23.0 Å². The number of thiophene rings is 1. The summed E-state index contributed by atoms with van der Waals surface area (Å²) < 4.78 is 5.19. The van der Waals surface area contributed by atoms with Crippen LogP contribution in [0, 0.1) is 6.92 Å².